The van der Waals surface area contributed by atoms with E-state index in [4.69, 9.17) is 23.2 Å². The quantitative estimate of drug-likeness (QED) is 0.492. The number of carbonyl (C=O) groups excluding carboxylic acids is 3. The highest BCUT2D eigenvalue weighted by atomic mass is 35.5. The van der Waals surface area contributed by atoms with E-state index in [0.29, 0.717) is 28.7 Å². The fourth-order valence-electron chi connectivity index (χ4n) is 2.75. The molecule has 154 valence electrons. The fourth-order valence-corrected chi connectivity index (χ4v) is 3.05. The van der Waals surface area contributed by atoms with Crippen LogP contribution in [0.1, 0.15) is 26.2 Å². The molecule has 0 radical (unpaired) electrons. The van der Waals surface area contributed by atoms with E-state index in [1.165, 1.54) is 4.90 Å². The van der Waals surface area contributed by atoms with Gasteiger partial charge in [0, 0.05) is 6.54 Å². The molecule has 1 fully saturated rings. The third-order valence-corrected chi connectivity index (χ3v) is 5.26. The Labute approximate surface area is 174 Å². The molecule has 28 heavy (non-hydrogen) atoms. The number of likely N-dealkylation sites (N-methyl/N-ethyl adjacent to an activating group) is 1. The van der Waals surface area contributed by atoms with Crippen LogP contribution in [0.15, 0.2) is 18.2 Å². The maximum absolute atomic E-state index is 12.7. The van der Waals surface area contributed by atoms with Crippen molar-refractivity contribution < 1.29 is 14.4 Å². The Balaban J connectivity index is 1.91. The number of anilines is 1. The molecule has 8 nitrogen and oxygen atoms in total. The second kappa shape index (κ2) is 10.5. The lowest BCUT2D eigenvalue weighted by atomic mass is 10.1. The van der Waals surface area contributed by atoms with Crippen molar-refractivity contribution in [3.8, 4) is 0 Å². The van der Waals surface area contributed by atoms with Crippen molar-refractivity contribution in [2.45, 2.75) is 38.3 Å². The molecule has 2 rings (SSSR count). The highest BCUT2D eigenvalue weighted by Crippen LogP contribution is 2.24. The van der Waals surface area contributed by atoms with Gasteiger partial charge in [-0.1, -0.05) is 23.2 Å². The maximum atomic E-state index is 12.7. The number of amides is 3. The van der Waals surface area contributed by atoms with Gasteiger partial charge in [0.05, 0.1) is 21.8 Å². The number of halogens is 2. The van der Waals surface area contributed by atoms with Crippen LogP contribution < -0.4 is 21.5 Å². The smallest absolute Gasteiger partial charge is 0.257 e. The SMILES string of the molecule is CN[C@@H](C)C(=O)N[C@H]1CCCCN(CC(=O)NNc2ccc(Cl)c(Cl)c2)C1=O. The van der Waals surface area contributed by atoms with Gasteiger partial charge in [-0.05, 0) is 51.4 Å². The van der Waals surface area contributed by atoms with Crippen molar-refractivity contribution in [1.29, 1.82) is 0 Å². The van der Waals surface area contributed by atoms with E-state index in [0.717, 1.165) is 12.8 Å². The summed E-state index contributed by atoms with van der Waals surface area (Å²) in [5.41, 5.74) is 5.84. The summed E-state index contributed by atoms with van der Waals surface area (Å²) in [5.74, 6) is -0.873. The minimum absolute atomic E-state index is 0.110. The molecule has 2 atom stereocenters. The van der Waals surface area contributed by atoms with Gasteiger partial charge in [-0.2, -0.15) is 0 Å². The number of hydrogen-bond acceptors (Lipinski definition) is 5. The van der Waals surface area contributed by atoms with E-state index in [1.54, 1.807) is 32.2 Å². The summed E-state index contributed by atoms with van der Waals surface area (Å²) in [6.07, 6.45) is 2.12. The number of hydrogen-bond donors (Lipinski definition) is 4. The van der Waals surface area contributed by atoms with E-state index in [9.17, 15) is 14.4 Å². The van der Waals surface area contributed by atoms with E-state index in [1.807, 2.05) is 0 Å². The zero-order valence-electron chi connectivity index (χ0n) is 15.9. The van der Waals surface area contributed by atoms with Gasteiger partial charge >= 0.3 is 0 Å². The molecule has 1 aliphatic rings. The number of carbonyl (C=O) groups is 3. The van der Waals surface area contributed by atoms with Crippen LogP contribution in [0.4, 0.5) is 5.69 Å². The van der Waals surface area contributed by atoms with Crippen molar-refractivity contribution in [3.05, 3.63) is 28.2 Å². The minimum atomic E-state index is -0.623. The van der Waals surface area contributed by atoms with Gasteiger partial charge in [0.2, 0.25) is 11.8 Å². The first-order valence-electron chi connectivity index (χ1n) is 9.08. The lowest BCUT2D eigenvalue weighted by Crippen LogP contribution is -2.53. The Hall–Kier alpha value is -2.03. The summed E-state index contributed by atoms with van der Waals surface area (Å²) in [6.45, 7) is 2.07. The second-order valence-corrected chi connectivity index (χ2v) is 7.44. The largest absolute Gasteiger partial charge is 0.343 e. The van der Waals surface area contributed by atoms with E-state index < -0.39 is 12.1 Å². The van der Waals surface area contributed by atoms with Crippen LogP contribution in [0, 0.1) is 0 Å². The predicted octanol–water partition coefficient (Wildman–Crippen LogP) is 1.54. The zero-order chi connectivity index (χ0) is 20.7. The average molecular weight is 430 g/mol. The molecule has 1 heterocycles. The molecule has 1 aromatic rings. The third-order valence-electron chi connectivity index (χ3n) is 4.52. The summed E-state index contributed by atoms with van der Waals surface area (Å²) >= 11 is 11.8. The number of rotatable bonds is 7. The van der Waals surface area contributed by atoms with Gasteiger partial charge < -0.3 is 15.5 Å². The van der Waals surface area contributed by atoms with Gasteiger partial charge in [-0.3, -0.25) is 25.2 Å². The Morgan fingerprint density at radius 2 is 2.00 bits per heavy atom. The molecule has 0 aromatic heterocycles. The number of hydrazine groups is 1. The van der Waals surface area contributed by atoms with Crippen molar-refractivity contribution in [2.24, 2.45) is 0 Å². The molecule has 0 spiro atoms. The van der Waals surface area contributed by atoms with E-state index >= 15 is 0 Å². The first kappa shape index (κ1) is 22.3. The van der Waals surface area contributed by atoms with Gasteiger partial charge in [0.15, 0.2) is 0 Å². The standard InChI is InChI=1S/C18H25Cl2N5O3/c1-11(21-2)17(27)22-15-5-3-4-8-25(18(15)28)10-16(26)24-23-12-6-7-13(19)14(20)9-12/h6-7,9,11,15,21,23H,3-5,8,10H2,1-2H3,(H,22,27)(H,24,26)/t11-,15-/m0/s1. The molecule has 4 N–H and O–H groups in total. The molecule has 1 aliphatic heterocycles. The highest BCUT2D eigenvalue weighted by Gasteiger charge is 2.30. The highest BCUT2D eigenvalue weighted by molar-refractivity contribution is 6.42. The molecule has 0 saturated carbocycles. The number of nitrogens with zero attached hydrogens (tertiary/aromatic N) is 1. The molecule has 1 aromatic carbocycles. The predicted molar refractivity (Wildman–Crippen MR) is 109 cm³/mol. The fraction of sp³-hybridized carbons (Fsp3) is 0.500. The van der Waals surface area contributed by atoms with Crippen molar-refractivity contribution in [2.75, 3.05) is 25.6 Å². The number of benzene rings is 1. The summed E-state index contributed by atoms with van der Waals surface area (Å²) in [7, 11) is 1.68. The summed E-state index contributed by atoms with van der Waals surface area (Å²) < 4.78 is 0. The molecular weight excluding hydrogens is 405 g/mol. The molecule has 3 amide bonds. The normalized spacial score (nSPS) is 18.2. The summed E-state index contributed by atoms with van der Waals surface area (Å²) in [5, 5.41) is 6.38. The molecule has 1 saturated heterocycles. The van der Waals surface area contributed by atoms with Crippen LogP contribution in [0.3, 0.4) is 0 Å². The van der Waals surface area contributed by atoms with Gasteiger partial charge in [0.25, 0.3) is 5.91 Å². The van der Waals surface area contributed by atoms with Crippen LogP contribution in [-0.4, -0.2) is 54.8 Å². The van der Waals surface area contributed by atoms with Crippen molar-refractivity contribution >= 4 is 46.6 Å². The van der Waals surface area contributed by atoms with Crippen LogP contribution >= 0.6 is 23.2 Å². The Kier molecular flexibility index (Phi) is 8.35. The molecule has 0 bridgehead atoms. The van der Waals surface area contributed by atoms with E-state index in [2.05, 4.69) is 21.5 Å². The minimum Gasteiger partial charge on any atom is -0.343 e. The molecule has 0 unspecified atom stereocenters. The lowest BCUT2D eigenvalue weighted by molar-refractivity contribution is -0.139. The van der Waals surface area contributed by atoms with Gasteiger partial charge in [-0.15, -0.1) is 0 Å². The number of likely N-dealkylation sites (tertiary alicyclic amines) is 1. The van der Waals surface area contributed by atoms with Crippen LogP contribution in [-0.2, 0) is 14.4 Å². The molecule has 10 heteroatoms. The monoisotopic (exact) mass is 429 g/mol. The first-order valence-corrected chi connectivity index (χ1v) is 9.83. The van der Waals surface area contributed by atoms with Gasteiger partial charge in [-0.25, -0.2) is 0 Å². The lowest BCUT2D eigenvalue weighted by Gasteiger charge is -2.25. The van der Waals surface area contributed by atoms with E-state index in [-0.39, 0.29) is 24.3 Å². The van der Waals surface area contributed by atoms with Crippen LogP contribution in [0.2, 0.25) is 10.0 Å². The molecule has 0 aliphatic carbocycles. The number of nitrogens with one attached hydrogen (secondary N) is 4. The zero-order valence-corrected chi connectivity index (χ0v) is 17.4. The van der Waals surface area contributed by atoms with Crippen molar-refractivity contribution in [1.82, 2.24) is 21.0 Å². The topological polar surface area (TPSA) is 103 Å². The second-order valence-electron chi connectivity index (χ2n) is 6.63. The summed E-state index contributed by atoms with van der Waals surface area (Å²) in [6, 6.07) is 3.83. The van der Waals surface area contributed by atoms with Crippen molar-refractivity contribution in [3.63, 3.8) is 0 Å². The Bertz CT molecular complexity index is 731. The maximum Gasteiger partial charge on any atom is 0.257 e. The molecular formula is C18H25Cl2N5O3. The average Bonchev–Trinajstić information content (AvgIpc) is 2.84. The van der Waals surface area contributed by atoms with Gasteiger partial charge in [0.1, 0.15) is 12.6 Å². The third kappa shape index (κ3) is 6.25. The van der Waals surface area contributed by atoms with Crippen LogP contribution in [0.5, 0.6) is 0 Å². The summed E-state index contributed by atoms with van der Waals surface area (Å²) in [4.78, 5) is 38.5. The van der Waals surface area contributed by atoms with Crippen LogP contribution in [0.25, 0.3) is 0 Å². The Morgan fingerprint density at radius 1 is 1.25 bits per heavy atom. The Morgan fingerprint density at radius 3 is 2.68 bits per heavy atom. The first-order chi connectivity index (χ1) is 13.3.